The Hall–Kier alpha value is -1.29. The number of aliphatic hydroxyl groups is 1. The van der Waals surface area contributed by atoms with Gasteiger partial charge in [-0.2, -0.15) is 0 Å². The largest absolute Gasteiger partial charge is 0.383 e. The third-order valence-corrected chi connectivity index (χ3v) is 5.20. The first-order valence-corrected chi connectivity index (χ1v) is 7.40. The maximum atomic E-state index is 13.9. The van der Waals surface area contributed by atoms with Crippen molar-refractivity contribution in [2.75, 3.05) is 0 Å². The van der Waals surface area contributed by atoms with Crippen LogP contribution in [-0.2, 0) is 6.42 Å². The lowest BCUT2D eigenvalue weighted by Gasteiger charge is -2.47. The zero-order valence-corrected chi connectivity index (χ0v) is 12.1. The first-order chi connectivity index (χ1) is 9.85. The van der Waals surface area contributed by atoms with Crippen molar-refractivity contribution in [3.8, 4) is 0 Å². The molecule has 0 atom stereocenters. The lowest BCUT2D eigenvalue weighted by Crippen LogP contribution is -2.44. The molecule has 1 fully saturated rings. The van der Waals surface area contributed by atoms with Crippen molar-refractivity contribution in [2.45, 2.75) is 51.0 Å². The van der Waals surface area contributed by atoms with E-state index < -0.39 is 23.1 Å². The van der Waals surface area contributed by atoms with Gasteiger partial charge in [-0.15, -0.1) is 0 Å². The molecule has 0 saturated heterocycles. The van der Waals surface area contributed by atoms with Crippen LogP contribution in [0, 0.1) is 24.0 Å². The second-order valence-electron chi connectivity index (χ2n) is 6.56. The molecule has 1 saturated carbocycles. The van der Waals surface area contributed by atoms with E-state index in [0.717, 1.165) is 0 Å². The van der Waals surface area contributed by atoms with Gasteiger partial charge in [-0.25, -0.2) is 13.2 Å². The first kappa shape index (κ1) is 14.6. The fourth-order valence-corrected chi connectivity index (χ4v) is 3.53. The Balaban J connectivity index is 1.79. The number of allylic oxidation sites excluding steroid dienone is 1. The summed E-state index contributed by atoms with van der Waals surface area (Å²) in [4.78, 5) is 0. The Morgan fingerprint density at radius 3 is 2.33 bits per heavy atom. The Labute approximate surface area is 122 Å². The lowest BCUT2D eigenvalue weighted by atomic mass is 9.61. The summed E-state index contributed by atoms with van der Waals surface area (Å²) >= 11 is 0. The molecule has 3 aliphatic carbocycles. The van der Waals surface area contributed by atoms with E-state index in [1.54, 1.807) is 12.1 Å². The SMILES string of the molecule is Cc1ccc(CCC23C=C(F)C(O)(CC2)CC3)c(F)c1F. The van der Waals surface area contributed by atoms with E-state index in [1.165, 1.54) is 13.0 Å². The van der Waals surface area contributed by atoms with Crippen molar-refractivity contribution in [3.05, 3.63) is 46.8 Å². The van der Waals surface area contributed by atoms with Crippen LogP contribution in [0.3, 0.4) is 0 Å². The third kappa shape index (κ3) is 2.39. The lowest BCUT2D eigenvalue weighted by molar-refractivity contribution is -0.0313. The first-order valence-electron chi connectivity index (χ1n) is 7.40. The smallest absolute Gasteiger partial charge is 0.162 e. The van der Waals surface area contributed by atoms with Crippen molar-refractivity contribution in [3.63, 3.8) is 0 Å². The van der Waals surface area contributed by atoms with Crippen molar-refractivity contribution in [1.82, 2.24) is 0 Å². The molecule has 0 heterocycles. The Morgan fingerprint density at radius 1 is 1.05 bits per heavy atom. The van der Waals surface area contributed by atoms with Crippen molar-refractivity contribution in [2.24, 2.45) is 5.41 Å². The van der Waals surface area contributed by atoms with Gasteiger partial charge in [0.25, 0.3) is 0 Å². The highest BCUT2D eigenvalue weighted by Gasteiger charge is 2.48. The molecular weight excluding hydrogens is 277 g/mol. The van der Waals surface area contributed by atoms with E-state index in [9.17, 15) is 18.3 Å². The van der Waals surface area contributed by atoms with Gasteiger partial charge in [-0.3, -0.25) is 0 Å². The summed E-state index contributed by atoms with van der Waals surface area (Å²) < 4.78 is 41.4. The van der Waals surface area contributed by atoms with Gasteiger partial charge in [-0.05, 0) is 68.1 Å². The number of hydrogen-bond acceptors (Lipinski definition) is 1. The molecule has 3 aliphatic rings. The third-order valence-electron chi connectivity index (χ3n) is 5.20. The fourth-order valence-electron chi connectivity index (χ4n) is 3.53. The van der Waals surface area contributed by atoms with E-state index in [1.807, 2.05) is 0 Å². The van der Waals surface area contributed by atoms with E-state index in [4.69, 9.17) is 0 Å². The summed E-state index contributed by atoms with van der Waals surface area (Å²) in [7, 11) is 0. The number of benzene rings is 1. The summed E-state index contributed by atoms with van der Waals surface area (Å²) in [5.74, 6) is -2.04. The predicted octanol–water partition coefficient (Wildman–Crippen LogP) is 4.36. The minimum atomic E-state index is -1.27. The Kier molecular flexibility index (Phi) is 3.40. The van der Waals surface area contributed by atoms with Crippen LogP contribution in [0.2, 0.25) is 0 Å². The van der Waals surface area contributed by atoms with Crippen molar-refractivity contribution < 1.29 is 18.3 Å². The van der Waals surface area contributed by atoms with Crippen LogP contribution in [0.25, 0.3) is 0 Å². The molecule has 4 rings (SSSR count). The number of hydrogen-bond donors (Lipinski definition) is 1. The normalized spacial score (nSPS) is 31.4. The minimum Gasteiger partial charge on any atom is -0.383 e. The highest BCUT2D eigenvalue weighted by Crippen LogP contribution is 2.53. The molecule has 0 radical (unpaired) electrons. The number of fused-ring (bicyclic) bond motifs is 2. The minimum absolute atomic E-state index is 0.292. The van der Waals surface area contributed by atoms with Gasteiger partial charge in [-0.1, -0.05) is 12.1 Å². The van der Waals surface area contributed by atoms with Crippen molar-refractivity contribution >= 4 is 0 Å². The van der Waals surface area contributed by atoms with Gasteiger partial charge in [0.05, 0.1) is 0 Å². The molecule has 0 aromatic heterocycles. The van der Waals surface area contributed by atoms with Crippen LogP contribution in [0.1, 0.15) is 43.2 Å². The van der Waals surface area contributed by atoms with Crippen LogP contribution in [0.15, 0.2) is 24.0 Å². The molecule has 1 nitrogen and oxygen atoms in total. The fraction of sp³-hybridized carbons (Fsp3) is 0.529. The molecule has 0 amide bonds. The second kappa shape index (κ2) is 4.87. The van der Waals surface area contributed by atoms with E-state index in [0.29, 0.717) is 49.7 Å². The van der Waals surface area contributed by atoms with Gasteiger partial charge < -0.3 is 5.11 Å². The second-order valence-corrected chi connectivity index (χ2v) is 6.56. The average Bonchev–Trinajstić information content (AvgIpc) is 2.46. The van der Waals surface area contributed by atoms with Gasteiger partial charge in [0, 0.05) is 0 Å². The van der Waals surface area contributed by atoms with E-state index in [-0.39, 0.29) is 5.41 Å². The Morgan fingerprint density at radius 2 is 1.71 bits per heavy atom. The summed E-state index contributed by atoms with van der Waals surface area (Å²) in [6.07, 6.45) is 4.71. The van der Waals surface area contributed by atoms with Crippen LogP contribution >= 0.6 is 0 Å². The predicted molar refractivity (Wildman–Crippen MR) is 74.5 cm³/mol. The maximum Gasteiger partial charge on any atom is 0.162 e. The standard InChI is InChI=1S/C17H19F3O/c1-11-2-3-12(15(20)14(11)19)4-5-16-6-8-17(21,9-7-16)13(18)10-16/h2-3,10,21H,4-9H2,1H3. The Bertz CT molecular complexity index is 598. The molecule has 1 aromatic carbocycles. The highest BCUT2D eigenvalue weighted by atomic mass is 19.2. The molecule has 0 spiro atoms. The average molecular weight is 296 g/mol. The molecule has 4 heteroatoms. The maximum absolute atomic E-state index is 13.9. The molecule has 21 heavy (non-hydrogen) atoms. The molecule has 0 aliphatic heterocycles. The highest BCUT2D eigenvalue weighted by molar-refractivity contribution is 5.27. The zero-order chi connectivity index (χ0) is 15.3. The summed E-state index contributed by atoms with van der Waals surface area (Å²) in [5, 5.41) is 10.0. The molecule has 1 N–H and O–H groups in total. The summed E-state index contributed by atoms with van der Waals surface area (Å²) in [6.45, 7) is 1.53. The summed E-state index contributed by atoms with van der Waals surface area (Å²) in [5.41, 5.74) is -0.959. The van der Waals surface area contributed by atoms with E-state index in [2.05, 4.69) is 0 Å². The van der Waals surface area contributed by atoms with Gasteiger partial charge >= 0.3 is 0 Å². The van der Waals surface area contributed by atoms with Crippen LogP contribution in [0.4, 0.5) is 13.2 Å². The molecular formula is C17H19F3O. The number of aryl methyl sites for hydroxylation is 2. The van der Waals surface area contributed by atoms with Crippen LogP contribution in [0.5, 0.6) is 0 Å². The number of rotatable bonds is 3. The van der Waals surface area contributed by atoms with Crippen molar-refractivity contribution in [1.29, 1.82) is 0 Å². The zero-order valence-electron chi connectivity index (χ0n) is 12.1. The van der Waals surface area contributed by atoms with Gasteiger partial charge in [0.15, 0.2) is 11.6 Å². The molecule has 1 aromatic rings. The topological polar surface area (TPSA) is 20.2 Å². The molecule has 2 bridgehead atoms. The van der Waals surface area contributed by atoms with Crippen LogP contribution in [-0.4, -0.2) is 10.7 Å². The van der Waals surface area contributed by atoms with Crippen LogP contribution < -0.4 is 0 Å². The van der Waals surface area contributed by atoms with Gasteiger partial charge in [0.2, 0.25) is 0 Å². The molecule has 114 valence electrons. The quantitative estimate of drug-likeness (QED) is 0.878. The van der Waals surface area contributed by atoms with Gasteiger partial charge in [0.1, 0.15) is 11.4 Å². The summed E-state index contributed by atoms with van der Waals surface area (Å²) in [6, 6.07) is 3.18. The monoisotopic (exact) mass is 296 g/mol. The molecule has 0 unspecified atom stereocenters. The van der Waals surface area contributed by atoms with E-state index >= 15 is 0 Å². The number of halogens is 3.